The second-order valence-electron chi connectivity index (χ2n) is 5.62. The summed E-state index contributed by atoms with van der Waals surface area (Å²) in [6.45, 7) is 1.41. The number of anilines is 1. The van der Waals surface area contributed by atoms with Crippen molar-refractivity contribution in [2.75, 3.05) is 19.4 Å². The Kier molecular flexibility index (Phi) is 4.00. The first-order valence-corrected chi connectivity index (χ1v) is 7.43. The van der Waals surface area contributed by atoms with Crippen LogP contribution in [0.4, 0.5) is 5.69 Å². The molecule has 1 aliphatic heterocycles. The van der Waals surface area contributed by atoms with Crippen LogP contribution in [0.3, 0.4) is 0 Å². The monoisotopic (exact) mass is 296 g/mol. The molecule has 1 amide bonds. The van der Waals surface area contributed by atoms with Crippen molar-refractivity contribution in [1.82, 2.24) is 4.90 Å². The number of amides is 1. The molecule has 0 radical (unpaired) electrons. The zero-order valence-electron chi connectivity index (χ0n) is 12.7. The Bertz CT molecular complexity index is 697. The quantitative estimate of drug-likeness (QED) is 0.885. The summed E-state index contributed by atoms with van der Waals surface area (Å²) in [6, 6.07) is 13.6. The number of fused-ring (bicyclic) bond motifs is 1. The Morgan fingerprint density at radius 2 is 2.09 bits per heavy atom. The van der Waals surface area contributed by atoms with Crippen LogP contribution >= 0.6 is 0 Å². The van der Waals surface area contributed by atoms with Gasteiger partial charge in [0, 0.05) is 18.8 Å². The first-order valence-electron chi connectivity index (χ1n) is 7.43. The molecule has 0 saturated heterocycles. The molecule has 2 N–H and O–H groups in total. The van der Waals surface area contributed by atoms with E-state index in [9.17, 15) is 4.79 Å². The Morgan fingerprint density at radius 3 is 2.91 bits per heavy atom. The van der Waals surface area contributed by atoms with Crippen molar-refractivity contribution in [3.05, 3.63) is 59.2 Å². The van der Waals surface area contributed by atoms with Gasteiger partial charge in [-0.25, -0.2) is 0 Å². The molecule has 22 heavy (non-hydrogen) atoms. The minimum absolute atomic E-state index is 0.149. The lowest BCUT2D eigenvalue weighted by Crippen LogP contribution is -2.36. The number of benzene rings is 2. The van der Waals surface area contributed by atoms with Gasteiger partial charge in [-0.2, -0.15) is 0 Å². The van der Waals surface area contributed by atoms with Crippen LogP contribution < -0.4 is 10.5 Å². The van der Waals surface area contributed by atoms with Crippen LogP contribution in [0, 0.1) is 0 Å². The summed E-state index contributed by atoms with van der Waals surface area (Å²) in [5.41, 5.74) is 10.0. The van der Waals surface area contributed by atoms with Gasteiger partial charge < -0.3 is 15.4 Å². The van der Waals surface area contributed by atoms with Crippen molar-refractivity contribution >= 4 is 11.6 Å². The fourth-order valence-corrected chi connectivity index (χ4v) is 2.85. The van der Waals surface area contributed by atoms with E-state index in [1.54, 1.807) is 7.11 Å². The summed E-state index contributed by atoms with van der Waals surface area (Å²) in [5, 5.41) is 0. The van der Waals surface area contributed by atoms with E-state index in [2.05, 4.69) is 0 Å². The third kappa shape index (κ3) is 3.06. The van der Waals surface area contributed by atoms with Crippen LogP contribution in [-0.4, -0.2) is 24.5 Å². The van der Waals surface area contributed by atoms with E-state index >= 15 is 0 Å². The van der Waals surface area contributed by atoms with E-state index in [4.69, 9.17) is 10.5 Å². The molecule has 0 aliphatic carbocycles. The highest BCUT2D eigenvalue weighted by Crippen LogP contribution is 2.22. The van der Waals surface area contributed by atoms with E-state index in [-0.39, 0.29) is 5.91 Å². The smallest absolute Gasteiger partial charge is 0.227 e. The van der Waals surface area contributed by atoms with Crippen LogP contribution in [0.15, 0.2) is 42.5 Å². The summed E-state index contributed by atoms with van der Waals surface area (Å²) >= 11 is 0. The average Bonchev–Trinajstić information content (AvgIpc) is 2.54. The molecule has 0 unspecified atom stereocenters. The molecule has 0 atom stereocenters. The fourth-order valence-electron chi connectivity index (χ4n) is 2.85. The standard InChI is InChI=1S/C18H20N2O2/c1-22-17-4-2-3-13(9-17)10-18(21)20-8-7-14-11-16(19)6-5-15(14)12-20/h2-6,9,11H,7-8,10,12,19H2,1H3. The van der Waals surface area contributed by atoms with Crippen molar-refractivity contribution in [3.63, 3.8) is 0 Å². The third-order valence-electron chi connectivity index (χ3n) is 4.08. The summed E-state index contributed by atoms with van der Waals surface area (Å²) in [7, 11) is 1.63. The van der Waals surface area contributed by atoms with Crippen LogP contribution in [0.1, 0.15) is 16.7 Å². The lowest BCUT2D eigenvalue weighted by Gasteiger charge is -2.29. The van der Waals surface area contributed by atoms with Gasteiger partial charge in [0.05, 0.1) is 13.5 Å². The number of nitrogens with zero attached hydrogens (tertiary/aromatic N) is 1. The van der Waals surface area contributed by atoms with E-state index < -0.39 is 0 Å². The first kappa shape index (κ1) is 14.4. The molecule has 2 aromatic rings. The average molecular weight is 296 g/mol. The van der Waals surface area contributed by atoms with Gasteiger partial charge in [0.2, 0.25) is 5.91 Å². The van der Waals surface area contributed by atoms with Gasteiger partial charge in [-0.3, -0.25) is 4.79 Å². The summed E-state index contributed by atoms with van der Waals surface area (Å²) in [6.07, 6.45) is 1.27. The lowest BCUT2D eigenvalue weighted by molar-refractivity contribution is -0.131. The van der Waals surface area contributed by atoms with Gasteiger partial charge in [0.1, 0.15) is 5.75 Å². The molecule has 1 aliphatic rings. The maximum Gasteiger partial charge on any atom is 0.227 e. The Hall–Kier alpha value is -2.49. The number of methoxy groups -OCH3 is 1. The molecule has 3 rings (SSSR count). The summed E-state index contributed by atoms with van der Waals surface area (Å²) in [5.74, 6) is 0.931. The zero-order valence-corrected chi connectivity index (χ0v) is 12.7. The summed E-state index contributed by atoms with van der Waals surface area (Å²) in [4.78, 5) is 14.4. The highest BCUT2D eigenvalue weighted by Gasteiger charge is 2.20. The number of ether oxygens (including phenoxy) is 1. The number of nitrogens with two attached hydrogens (primary N) is 1. The Balaban J connectivity index is 1.69. The molecular formula is C18H20N2O2. The SMILES string of the molecule is COc1cccc(CC(=O)N2CCc3cc(N)ccc3C2)c1. The fraction of sp³-hybridized carbons (Fsp3) is 0.278. The number of hydrogen-bond donors (Lipinski definition) is 1. The maximum atomic E-state index is 12.5. The van der Waals surface area contributed by atoms with Gasteiger partial charge in [-0.15, -0.1) is 0 Å². The van der Waals surface area contributed by atoms with E-state index in [1.807, 2.05) is 47.4 Å². The lowest BCUT2D eigenvalue weighted by atomic mass is 9.98. The van der Waals surface area contributed by atoms with Crippen LogP contribution in [0.5, 0.6) is 5.75 Å². The molecule has 114 valence electrons. The molecule has 0 bridgehead atoms. The zero-order chi connectivity index (χ0) is 15.5. The van der Waals surface area contributed by atoms with Gasteiger partial charge in [-0.05, 0) is 47.4 Å². The van der Waals surface area contributed by atoms with Gasteiger partial charge in [0.25, 0.3) is 0 Å². The minimum atomic E-state index is 0.149. The van der Waals surface area contributed by atoms with Gasteiger partial charge in [-0.1, -0.05) is 18.2 Å². The molecule has 4 heteroatoms. The Labute approximate surface area is 130 Å². The number of carbonyl (C=O) groups excluding carboxylic acids is 1. The van der Waals surface area contributed by atoms with E-state index in [0.717, 1.165) is 30.0 Å². The third-order valence-corrected chi connectivity index (χ3v) is 4.08. The van der Waals surface area contributed by atoms with Crippen molar-refractivity contribution in [2.24, 2.45) is 0 Å². The van der Waals surface area contributed by atoms with Crippen LogP contribution in [-0.2, 0) is 24.2 Å². The molecule has 4 nitrogen and oxygen atoms in total. The van der Waals surface area contributed by atoms with E-state index in [0.29, 0.717) is 13.0 Å². The highest BCUT2D eigenvalue weighted by molar-refractivity contribution is 5.79. The largest absolute Gasteiger partial charge is 0.497 e. The topological polar surface area (TPSA) is 55.6 Å². The van der Waals surface area contributed by atoms with Crippen LogP contribution in [0.25, 0.3) is 0 Å². The molecule has 0 fully saturated rings. The number of hydrogen-bond acceptors (Lipinski definition) is 3. The van der Waals surface area contributed by atoms with E-state index in [1.165, 1.54) is 11.1 Å². The molecular weight excluding hydrogens is 276 g/mol. The van der Waals surface area contributed by atoms with Crippen LogP contribution in [0.2, 0.25) is 0 Å². The van der Waals surface area contributed by atoms with Gasteiger partial charge in [0.15, 0.2) is 0 Å². The van der Waals surface area contributed by atoms with Crippen molar-refractivity contribution in [3.8, 4) is 5.75 Å². The van der Waals surface area contributed by atoms with Gasteiger partial charge >= 0.3 is 0 Å². The second-order valence-corrected chi connectivity index (χ2v) is 5.62. The number of nitrogen functional groups attached to an aromatic ring is 1. The minimum Gasteiger partial charge on any atom is -0.497 e. The first-order chi connectivity index (χ1) is 10.7. The maximum absolute atomic E-state index is 12.5. The predicted molar refractivity (Wildman–Crippen MR) is 86.7 cm³/mol. The number of rotatable bonds is 3. The number of carbonyl (C=O) groups is 1. The second kappa shape index (κ2) is 6.10. The normalized spacial score (nSPS) is 13.6. The summed E-state index contributed by atoms with van der Waals surface area (Å²) < 4.78 is 5.20. The highest BCUT2D eigenvalue weighted by atomic mass is 16.5. The predicted octanol–water partition coefficient (Wildman–Crippen LogP) is 2.40. The van der Waals surface area contributed by atoms with Crippen molar-refractivity contribution in [1.29, 1.82) is 0 Å². The van der Waals surface area contributed by atoms with Crippen molar-refractivity contribution < 1.29 is 9.53 Å². The Morgan fingerprint density at radius 1 is 1.23 bits per heavy atom. The molecule has 0 saturated carbocycles. The molecule has 0 spiro atoms. The van der Waals surface area contributed by atoms with Crippen molar-refractivity contribution in [2.45, 2.75) is 19.4 Å². The molecule has 0 aromatic heterocycles. The molecule has 2 aromatic carbocycles. The molecule has 1 heterocycles.